The molecule has 126 valence electrons. The number of aliphatic hydroxyl groups excluding tert-OH is 1. The van der Waals surface area contributed by atoms with Crippen molar-refractivity contribution in [2.24, 2.45) is 0 Å². The predicted octanol–water partition coefficient (Wildman–Crippen LogP) is 1.24. The molecule has 1 saturated heterocycles. The maximum absolute atomic E-state index is 12.1. The van der Waals surface area contributed by atoms with Crippen LogP contribution in [-0.2, 0) is 4.79 Å². The van der Waals surface area contributed by atoms with Gasteiger partial charge >= 0.3 is 0 Å². The van der Waals surface area contributed by atoms with E-state index in [-0.39, 0.29) is 11.9 Å². The minimum absolute atomic E-state index is 0.172. The van der Waals surface area contributed by atoms with E-state index < -0.39 is 6.10 Å². The number of amides is 1. The van der Waals surface area contributed by atoms with E-state index in [1.54, 1.807) is 0 Å². The number of hydrogen-bond acceptors (Lipinski definition) is 7. The lowest BCUT2D eigenvalue weighted by Crippen LogP contribution is -2.35. The van der Waals surface area contributed by atoms with Gasteiger partial charge in [0.1, 0.15) is 13.2 Å². The van der Waals surface area contributed by atoms with Crippen molar-refractivity contribution in [1.82, 2.24) is 10.3 Å². The van der Waals surface area contributed by atoms with E-state index in [1.165, 1.54) is 11.3 Å². The van der Waals surface area contributed by atoms with Crippen molar-refractivity contribution in [3.8, 4) is 22.8 Å². The highest BCUT2D eigenvalue weighted by Gasteiger charge is 2.28. The second kappa shape index (κ2) is 6.39. The first kappa shape index (κ1) is 15.4. The molecule has 24 heavy (non-hydrogen) atoms. The highest BCUT2D eigenvalue weighted by Crippen LogP contribution is 2.35. The van der Waals surface area contributed by atoms with Gasteiger partial charge in [-0.2, -0.15) is 0 Å². The molecule has 0 aliphatic carbocycles. The number of aromatic nitrogens is 1. The number of hydrogen-bond donors (Lipinski definition) is 3. The van der Waals surface area contributed by atoms with Crippen LogP contribution in [0, 0.1) is 0 Å². The van der Waals surface area contributed by atoms with Crippen molar-refractivity contribution < 1.29 is 19.4 Å². The minimum atomic E-state index is -0.467. The fourth-order valence-corrected chi connectivity index (χ4v) is 3.50. The number of benzene rings is 1. The van der Waals surface area contributed by atoms with E-state index >= 15 is 0 Å². The van der Waals surface area contributed by atoms with Crippen molar-refractivity contribution in [3.05, 3.63) is 23.6 Å². The number of aliphatic hydroxyl groups is 1. The van der Waals surface area contributed by atoms with Crippen LogP contribution in [0.3, 0.4) is 0 Å². The molecule has 0 unspecified atom stereocenters. The van der Waals surface area contributed by atoms with Crippen molar-refractivity contribution in [1.29, 1.82) is 0 Å². The van der Waals surface area contributed by atoms with Crippen LogP contribution in [0.5, 0.6) is 11.5 Å². The van der Waals surface area contributed by atoms with Crippen LogP contribution in [0.25, 0.3) is 11.3 Å². The fourth-order valence-electron chi connectivity index (χ4n) is 2.78. The molecule has 2 aliphatic rings. The molecule has 3 heterocycles. The highest BCUT2D eigenvalue weighted by atomic mass is 32.1. The molecule has 0 bridgehead atoms. The summed E-state index contributed by atoms with van der Waals surface area (Å²) in [6, 6.07) is 5.31. The normalized spacial score (nSPS) is 22.4. The van der Waals surface area contributed by atoms with Crippen LogP contribution >= 0.6 is 11.3 Å². The number of anilines is 1. The lowest BCUT2D eigenvalue weighted by atomic mass is 10.1. The molecule has 0 saturated carbocycles. The molecule has 1 fully saturated rings. The zero-order valence-corrected chi connectivity index (χ0v) is 13.6. The number of ether oxygens (including phenoxy) is 2. The van der Waals surface area contributed by atoms with Crippen LogP contribution in [0.2, 0.25) is 0 Å². The van der Waals surface area contributed by atoms with Crippen molar-refractivity contribution >= 4 is 22.4 Å². The number of thiazole rings is 1. The number of nitrogens with zero attached hydrogens (tertiary/aromatic N) is 1. The average Bonchev–Trinajstić information content (AvgIpc) is 3.23. The molecule has 2 aromatic rings. The Kier molecular flexibility index (Phi) is 4.09. The maximum Gasteiger partial charge on any atom is 0.243 e. The molecule has 4 rings (SSSR count). The molecular weight excluding hydrogens is 330 g/mol. The number of rotatable bonds is 3. The van der Waals surface area contributed by atoms with E-state index in [4.69, 9.17) is 9.47 Å². The SMILES string of the molecule is O=C(Nc1nc(-c2ccc3c(c2)OCCO3)cs1)[C@@H]1C[C@H](O)CN1. The summed E-state index contributed by atoms with van der Waals surface area (Å²) in [6.07, 6.45) is -0.0445. The Morgan fingerprint density at radius 2 is 2.17 bits per heavy atom. The summed E-state index contributed by atoms with van der Waals surface area (Å²) in [5.74, 6) is 1.27. The summed E-state index contributed by atoms with van der Waals surface area (Å²) >= 11 is 1.36. The number of β-amino-alcohol motifs (C(OH)–C–C–N with tert-alkyl or cyclic N) is 1. The van der Waals surface area contributed by atoms with Gasteiger partial charge in [0.25, 0.3) is 0 Å². The molecule has 1 aromatic heterocycles. The van der Waals surface area contributed by atoms with Crippen molar-refractivity contribution in [3.63, 3.8) is 0 Å². The van der Waals surface area contributed by atoms with Gasteiger partial charge in [0.2, 0.25) is 5.91 Å². The second-order valence-corrected chi connectivity index (χ2v) is 6.59. The molecule has 1 aromatic carbocycles. The summed E-state index contributed by atoms with van der Waals surface area (Å²) in [5, 5.41) is 17.7. The Morgan fingerprint density at radius 1 is 1.33 bits per heavy atom. The molecule has 8 heteroatoms. The highest BCUT2D eigenvalue weighted by molar-refractivity contribution is 7.14. The van der Waals surface area contributed by atoms with Crippen molar-refractivity contribution in [2.45, 2.75) is 18.6 Å². The first-order valence-corrected chi connectivity index (χ1v) is 8.65. The van der Waals surface area contributed by atoms with Gasteiger partial charge in [0.05, 0.1) is 17.8 Å². The summed E-state index contributed by atoms with van der Waals surface area (Å²) in [4.78, 5) is 16.6. The van der Waals surface area contributed by atoms with Crippen LogP contribution < -0.4 is 20.1 Å². The summed E-state index contributed by atoms with van der Waals surface area (Å²) in [7, 11) is 0. The Hall–Kier alpha value is -2.16. The van der Waals surface area contributed by atoms with Crippen LogP contribution in [0.1, 0.15) is 6.42 Å². The Bertz CT molecular complexity index is 764. The Morgan fingerprint density at radius 3 is 2.96 bits per heavy atom. The van der Waals surface area contributed by atoms with E-state index in [2.05, 4.69) is 15.6 Å². The summed E-state index contributed by atoms with van der Waals surface area (Å²) in [6.45, 7) is 1.54. The van der Waals surface area contributed by atoms with Crippen LogP contribution in [0.15, 0.2) is 23.6 Å². The quantitative estimate of drug-likeness (QED) is 0.774. The van der Waals surface area contributed by atoms with Gasteiger partial charge in [-0.05, 0) is 24.6 Å². The number of nitrogens with one attached hydrogen (secondary N) is 2. The van der Waals surface area contributed by atoms with Crippen molar-refractivity contribution in [2.75, 3.05) is 25.1 Å². The molecule has 0 spiro atoms. The monoisotopic (exact) mass is 347 g/mol. The molecule has 2 aliphatic heterocycles. The topological polar surface area (TPSA) is 92.7 Å². The smallest absolute Gasteiger partial charge is 0.243 e. The third-order valence-electron chi connectivity index (χ3n) is 4.00. The van der Waals surface area contributed by atoms with Gasteiger partial charge in [0.15, 0.2) is 16.6 Å². The predicted molar refractivity (Wildman–Crippen MR) is 89.6 cm³/mol. The minimum Gasteiger partial charge on any atom is -0.486 e. The molecular formula is C16H17N3O4S. The summed E-state index contributed by atoms with van der Waals surface area (Å²) < 4.78 is 11.1. The molecule has 0 radical (unpaired) electrons. The molecule has 2 atom stereocenters. The third kappa shape index (κ3) is 3.08. The number of carbonyl (C=O) groups is 1. The first-order valence-electron chi connectivity index (χ1n) is 7.77. The van der Waals surface area contributed by atoms with E-state index in [9.17, 15) is 9.90 Å². The van der Waals surface area contributed by atoms with Gasteiger partial charge < -0.3 is 25.2 Å². The zero-order chi connectivity index (χ0) is 16.5. The number of carbonyl (C=O) groups excluding carboxylic acids is 1. The Labute approximate surface area is 142 Å². The average molecular weight is 347 g/mol. The largest absolute Gasteiger partial charge is 0.486 e. The Balaban J connectivity index is 1.47. The van der Waals surface area contributed by atoms with Crippen LogP contribution in [-0.4, -0.2) is 47.9 Å². The fraction of sp³-hybridized carbons (Fsp3) is 0.375. The van der Waals surface area contributed by atoms with Crippen LogP contribution in [0.4, 0.5) is 5.13 Å². The van der Waals surface area contributed by atoms with Gasteiger partial charge in [-0.3, -0.25) is 4.79 Å². The van der Waals surface area contributed by atoms with Gasteiger partial charge in [0, 0.05) is 17.5 Å². The lowest BCUT2D eigenvalue weighted by Gasteiger charge is -2.18. The molecule has 3 N–H and O–H groups in total. The third-order valence-corrected chi connectivity index (χ3v) is 4.75. The van der Waals surface area contributed by atoms with Gasteiger partial charge in [-0.1, -0.05) is 0 Å². The van der Waals surface area contributed by atoms with Gasteiger partial charge in [-0.15, -0.1) is 11.3 Å². The molecule has 1 amide bonds. The zero-order valence-electron chi connectivity index (χ0n) is 12.8. The molecule has 7 nitrogen and oxygen atoms in total. The lowest BCUT2D eigenvalue weighted by molar-refractivity contribution is -0.117. The number of fused-ring (bicyclic) bond motifs is 1. The van der Waals surface area contributed by atoms with E-state index in [1.807, 2.05) is 23.6 Å². The standard InChI is InChI=1S/C16H17N3O4S/c20-10-6-11(17-7-10)15(21)19-16-18-12(8-24-16)9-1-2-13-14(5-9)23-4-3-22-13/h1-2,5,8,10-11,17,20H,3-4,6-7H2,(H,18,19,21)/t10-,11-/m0/s1. The maximum atomic E-state index is 12.1. The van der Waals surface area contributed by atoms with E-state index in [0.717, 1.165) is 17.0 Å². The second-order valence-electron chi connectivity index (χ2n) is 5.74. The van der Waals surface area contributed by atoms with E-state index in [0.29, 0.717) is 37.1 Å². The summed E-state index contributed by atoms with van der Waals surface area (Å²) in [5.41, 5.74) is 1.68. The first-order chi connectivity index (χ1) is 11.7. The van der Waals surface area contributed by atoms with Gasteiger partial charge in [-0.25, -0.2) is 4.98 Å².